The van der Waals surface area contributed by atoms with E-state index < -0.39 is 0 Å². The number of rotatable bonds is 0. The van der Waals surface area contributed by atoms with Gasteiger partial charge in [0.2, 0.25) is 0 Å². The molecule has 56 heavy (non-hydrogen) atoms. The van der Waals surface area contributed by atoms with E-state index in [1.165, 1.54) is 124 Å². The van der Waals surface area contributed by atoms with Gasteiger partial charge in [0.15, 0.2) is 0 Å². The Morgan fingerprint density at radius 1 is 0.304 bits per heavy atom. The summed E-state index contributed by atoms with van der Waals surface area (Å²) in [7, 11) is 0. The Kier molecular flexibility index (Phi) is 8.24. The molecule has 0 heterocycles. The van der Waals surface area contributed by atoms with E-state index in [-0.39, 0.29) is 10.8 Å². The maximum absolute atomic E-state index is 2.38. The predicted octanol–water partition coefficient (Wildman–Crippen LogP) is 14.7. The molecular formula is C56H58. The van der Waals surface area contributed by atoms with Gasteiger partial charge in [0.25, 0.3) is 0 Å². The Morgan fingerprint density at radius 3 is 0.732 bits per heavy atom. The average Bonchev–Trinajstić information content (AvgIpc) is 3.67. The van der Waals surface area contributed by atoms with E-state index in [0.29, 0.717) is 0 Å². The second kappa shape index (κ2) is 12.9. The van der Waals surface area contributed by atoms with Gasteiger partial charge in [-0.15, -0.1) is 0 Å². The lowest BCUT2D eigenvalue weighted by atomic mass is 9.56. The largest absolute Gasteiger partial charge is 0.0725 e. The molecule has 4 bridgehead atoms. The average molecular weight is 731 g/mol. The van der Waals surface area contributed by atoms with Crippen molar-refractivity contribution in [1.29, 1.82) is 0 Å². The van der Waals surface area contributed by atoms with Crippen LogP contribution in [-0.4, -0.2) is 0 Å². The highest BCUT2D eigenvalue weighted by Gasteiger charge is 2.51. The predicted molar refractivity (Wildman–Crippen MR) is 237 cm³/mol. The van der Waals surface area contributed by atoms with Crippen LogP contribution in [0.1, 0.15) is 119 Å². The summed E-state index contributed by atoms with van der Waals surface area (Å²) in [6.07, 6.45) is 9.62. The summed E-state index contributed by atoms with van der Waals surface area (Å²) < 4.78 is 0. The molecule has 4 fully saturated rings. The first-order valence-electron chi connectivity index (χ1n) is 21.6. The van der Waals surface area contributed by atoms with Gasteiger partial charge in [0.05, 0.1) is 5.41 Å². The lowest BCUT2D eigenvalue weighted by molar-refractivity contribution is 0.0198. The maximum Gasteiger partial charge on any atom is 0.0725 e. The Labute approximate surface area is 336 Å². The van der Waals surface area contributed by atoms with Crippen LogP contribution in [-0.2, 0) is 10.8 Å². The second-order valence-electron chi connectivity index (χ2n) is 19.5. The lowest BCUT2D eigenvalue weighted by Gasteiger charge is -2.49. The molecule has 0 aliphatic heterocycles. The molecule has 0 saturated heterocycles. The molecule has 0 atom stereocenters. The van der Waals surface area contributed by atoms with E-state index in [1.807, 2.05) is 0 Å². The number of hydrogen-bond donors (Lipinski definition) is 0. The third kappa shape index (κ3) is 5.45. The van der Waals surface area contributed by atoms with Crippen molar-refractivity contribution in [3.05, 3.63) is 176 Å². The van der Waals surface area contributed by atoms with Gasteiger partial charge >= 0.3 is 0 Å². The van der Waals surface area contributed by atoms with Gasteiger partial charge in [-0.3, -0.25) is 0 Å². The first kappa shape index (κ1) is 35.7. The van der Waals surface area contributed by atoms with Crippen LogP contribution in [0.5, 0.6) is 0 Å². The van der Waals surface area contributed by atoms with E-state index >= 15 is 0 Å². The normalized spacial score (nSPS) is 22.5. The fourth-order valence-electron chi connectivity index (χ4n) is 12.7. The van der Waals surface area contributed by atoms with Crippen molar-refractivity contribution >= 4 is 0 Å². The summed E-state index contributed by atoms with van der Waals surface area (Å²) in [5.74, 6) is 4.71. The first-order chi connectivity index (χ1) is 26.9. The molecule has 7 aliphatic carbocycles. The van der Waals surface area contributed by atoms with Gasteiger partial charge in [0.1, 0.15) is 0 Å². The minimum atomic E-state index is -0.210. The quantitative estimate of drug-likeness (QED) is 0.146. The molecule has 4 saturated carbocycles. The van der Waals surface area contributed by atoms with Gasteiger partial charge in [-0.05, 0) is 171 Å². The maximum atomic E-state index is 2.38. The summed E-state index contributed by atoms with van der Waals surface area (Å²) in [6.45, 7) is 17.8. The van der Waals surface area contributed by atoms with Crippen LogP contribution in [0.2, 0.25) is 0 Å². The minimum absolute atomic E-state index is 0.145. The highest BCUT2D eigenvalue weighted by Crippen LogP contribution is 2.63. The topological polar surface area (TPSA) is 0 Å². The molecule has 0 aromatic heterocycles. The monoisotopic (exact) mass is 730 g/mol. The zero-order valence-corrected chi connectivity index (χ0v) is 34.9. The Morgan fingerprint density at radius 2 is 0.500 bits per heavy atom. The number of aryl methyl sites for hydroxylation is 6. The molecule has 282 valence electrons. The molecule has 6 aromatic rings. The molecule has 0 radical (unpaired) electrons. The molecule has 1 spiro atoms. The van der Waals surface area contributed by atoms with Crippen LogP contribution in [0.4, 0.5) is 0 Å². The molecule has 6 aromatic carbocycles. The minimum Gasteiger partial charge on any atom is -0.0590 e. The van der Waals surface area contributed by atoms with Gasteiger partial charge in [0, 0.05) is 5.41 Å². The van der Waals surface area contributed by atoms with Crippen LogP contribution in [0, 0.1) is 65.2 Å². The summed E-state index contributed by atoms with van der Waals surface area (Å²) >= 11 is 0. The molecular weight excluding hydrogens is 673 g/mol. The van der Waals surface area contributed by atoms with Crippen molar-refractivity contribution in [2.24, 2.45) is 23.7 Å². The van der Waals surface area contributed by atoms with E-state index in [2.05, 4.69) is 165 Å². The van der Waals surface area contributed by atoms with E-state index in [0.717, 1.165) is 0 Å². The van der Waals surface area contributed by atoms with Crippen LogP contribution in [0.15, 0.2) is 109 Å². The molecule has 0 amide bonds. The Balaban J connectivity index is 0.000000119. The number of fused-ring (bicyclic) bond motifs is 13. The smallest absolute Gasteiger partial charge is 0.0590 e. The van der Waals surface area contributed by atoms with Crippen LogP contribution < -0.4 is 0 Å². The molecule has 0 unspecified atom stereocenters. The number of benzene rings is 6. The number of hydrogen-bond acceptors (Lipinski definition) is 0. The first-order valence-corrected chi connectivity index (χ1v) is 21.6. The summed E-state index contributed by atoms with van der Waals surface area (Å²) in [5, 5.41) is 0. The molecule has 13 rings (SSSR count). The fourth-order valence-corrected chi connectivity index (χ4v) is 12.7. The summed E-state index contributed by atoms with van der Waals surface area (Å²) in [6, 6.07) is 41.8. The highest BCUT2D eigenvalue weighted by atomic mass is 14.5. The highest BCUT2D eigenvalue weighted by molar-refractivity contribution is 5.95. The third-order valence-corrected chi connectivity index (χ3v) is 14.9. The van der Waals surface area contributed by atoms with Crippen LogP contribution in [0.25, 0.3) is 33.4 Å². The molecule has 0 N–H and O–H groups in total. The van der Waals surface area contributed by atoms with Crippen LogP contribution in [0.3, 0.4) is 0 Å². The van der Waals surface area contributed by atoms with Crippen molar-refractivity contribution in [2.45, 2.75) is 105 Å². The third-order valence-electron chi connectivity index (χ3n) is 14.9. The van der Waals surface area contributed by atoms with Crippen molar-refractivity contribution in [3.8, 4) is 33.4 Å². The van der Waals surface area contributed by atoms with Gasteiger partial charge in [-0.25, -0.2) is 0 Å². The van der Waals surface area contributed by atoms with Crippen molar-refractivity contribution in [1.82, 2.24) is 0 Å². The second-order valence-corrected chi connectivity index (χ2v) is 19.5. The Bertz CT molecular complexity index is 2230. The zero-order chi connectivity index (χ0) is 38.7. The fraction of sp³-hybridized carbons (Fsp3) is 0.357. The summed E-state index contributed by atoms with van der Waals surface area (Å²) in [4.78, 5) is 0. The standard InChI is InChI=1S/C29H24.C17H18.C10H16/c1-17-5-9-25-21(13-17)22-14-18(2)6-10-26(22)29(25)27-11-7-19(3)15-23(27)24-16-20(4)8-12-28(24)29;1-11-5-7-15-13(9-11)14-10-12(2)6-8-16(14)17(15,3)4;1-7-2-9-4-8(1)5-10(3-7)6-9/h5-16H,1-4H3;5-10H,1-4H3;7-10H,1-6H2. The zero-order valence-electron chi connectivity index (χ0n) is 34.9. The Hall–Kier alpha value is -4.68. The SMILES string of the molecule is C1C2CC3CC1CC(C2)C3.Cc1ccc2c(c1)-c1cc(C)ccc1C2(C)C.Cc1ccc2c(c1)-c1cc(C)ccc1C21c2ccc(C)cc2-c2cc(C)ccc21. The molecule has 0 heteroatoms. The van der Waals surface area contributed by atoms with E-state index in [1.54, 1.807) is 38.5 Å². The van der Waals surface area contributed by atoms with Gasteiger partial charge in [-0.2, -0.15) is 0 Å². The van der Waals surface area contributed by atoms with E-state index in [4.69, 9.17) is 0 Å². The molecule has 0 nitrogen and oxygen atoms in total. The van der Waals surface area contributed by atoms with Gasteiger partial charge in [-0.1, -0.05) is 156 Å². The molecule has 7 aliphatic rings. The van der Waals surface area contributed by atoms with Gasteiger partial charge < -0.3 is 0 Å². The summed E-state index contributed by atoms with van der Waals surface area (Å²) in [5.41, 5.74) is 24.9. The van der Waals surface area contributed by atoms with Crippen molar-refractivity contribution in [3.63, 3.8) is 0 Å². The van der Waals surface area contributed by atoms with E-state index in [9.17, 15) is 0 Å². The van der Waals surface area contributed by atoms with Crippen molar-refractivity contribution in [2.75, 3.05) is 0 Å². The lowest BCUT2D eigenvalue weighted by Crippen LogP contribution is -2.38. The van der Waals surface area contributed by atoms with Crippen molar-refractivity contribution < 1.29 is 0 Å². The van der Waals surface area contributed by atoms with Crippen LogP contribution >= 0.6 is 0 Å².